The molecule has 1 aromatic rings. The largest absolute Gasteiger partial charge is 0.483 e. The van der Waals surface area contributed by atoms with Gasteiger partial charge in [0.2, 0.25) is 17.4 Å². The van der Waals surface area contributed by atoms with Crippen LogP contribution in [0.2, 0.25) is 0 Å². The molecule has 5 fully saturated rings. The van der Waals surface area contributed by atoms with Gasteiger partial charge >= 0.3 is 0 Å². The lowest BCUT2D eigenvalue weighted by atomic mass is 9.51. The normalized spacial score (nSPS) is 41.1. The van der Waals surface area contributed by atoms with E-state index in [1.807, 2.05) is 39.8 Å². The third-order valence-corrected chi connectivity index (χ3v) is 9.47. The maximum absolute atomic E-state index is 14.1. The number of nitrogens with one attached hydrogen (secondary N) is 2. The maximum atomic E-state index is 14.1. The zero-order chi connectivity index (χ0) is 24.8. The van der Waals surface area contributed by atoms with Gasteiger partial charge in [0, 0.05) is 29.0 Å². The molecule has 0 aromatic heterocycles. The van der Waals surface area contributed by atoms with E-state index < -0.39 is 40.0 Å². The molecule has 0 radical (unpaired) electrons. The van der Waals surface area contributed by atoms with E-state index in [1.165, 1.54) is 0 Å². The summed E-state index contributed by atoms with van der Waals surface area (Å²) in [6.07, 6.45) is 3.85. The van der Waals surface area contributed by atoms with Crippen LogP contribution in [0.15, 0.2) is 18.2 Å². The predicted molar refractivity (Wildman–Crippen MR) is 124 cm³/mol. The average molecular weight is 480 g/mol. The van der Waals surface area contributed by atoms with Crippen LogP contribution in [0, 0.1) is 11.3 Å². The summed E-state index contributed by atoms with van der Waals surface area (Å²) in [6, 6.07) is 3.51. The third-order valence-electron chi connectivity index (χ3n) is 9.47. The topological polar surface area (TPSA) is 117 Å². The fourth-order valence-electron chi connectivity index (χ4n) is 7.59. The number of nitrogens with zero attached hydrogens (tertiary/aromatic N) is 1. The number of aliphatic hydroxyl groups excluding tert-OH is 1. The van der Waals surface area contributed by atoms with Crippen molar-refractivity contribution in [2.24, 2.45) is 11.3 Å². The molecule has 0 unspecified atom stereocenters. The first kappa shape index (κ1) is 21.4. The van der Waals surface area contributed by atoms with Gasteiger partial charge in [-0.3, -0.25) is 14.4 Å². The van der Waals surface area contributed by atoms with E-state index in [0.717, 1.165) is 12.0 Å². The Labute approximate surface area is 202 Å². The number of ether oxygens (including phenoxy) is 2. The highest BCUT2D eigenvalue weighted by Crippen LogP contribution is 2.63. The monoisotopic (exact) mass is 479 g/mol. The molecule has 9 nitrogen and oxygen atoms in total. The van der Waals surface area contributed by atoms with Crippen molar-refractivity contribution >= 4 is 29.4 Å². The number of aliphatic hydroxyl groups is 1. The number of fused-ring (bicyclic) bond motifs is 4. The van der Waals surface area contributed by atoms with E-state index in [2.05, 4.69) is 10.6 Å². The molecule has 0 aliphatic carbocycles. The van der Waals surface area contributed by atoms with Crippen molar-refractivity contribution in [3.63, 3.8) is 0 Å². The minimum atomic E-state index is -1.69. The summed E-state index contributed by atoms with van der Waals surface area (Å²) in [6.45, 7) is 8.17. The maximum Gasteiger partial charge on any atom is 0.254 e. The number of piperidine rings is 2. The minimum absolute atomic E-state index is 0.242. The molecule has 7 heterocycles. The van der Waals surface area contributed by atoms with Crippen LogP contribution >= 0.6 is 0 Å². The molecule has 0 saturated carbocycles. The number of benzene rings is 1. The van der Waals surface area contributed by atoms with Crippen LogP contribution < -0.4 is 15.4 Å². The Morgan fingerprint density at radius 1 is 1.11 bits per heavy atom. The highest BCUT2D eigenvalue weighted by Gasteiger charge is 2.80. The van der Waals surface area contributed by atoms with Crippen molar-refractivity contribution in [2.75, 3.05) is 11.9 Å². The first-order chi connectivity index (χ1) is 16.4. The third kappa shape index (κ3) is 2.13. The van der Waals surface area contributed by atoms with Gasteiger partial charge in [-0.1, -0.05) is 13.8 Å². The second-order valence-corrected chi connectivity index (χ2v) is 11.9. The Hall–Kier alpha value is -2.91. The summed E-state index contributed by atoms with van der Waals surface area (Å²) >= 11 is 0. The van der Waals surface area contributed by atoms with Crippen molar-refractivity contribution in [3.8, 4) is 5.75 Å². The van der Waals surface area contributed by atoms with E-state index >= 15 is 0 Å². The number of Topliss-reactive ketones (excluding diaryl/α,β-unsaturated/α-hetero) is 1. The van der Waals surface area contributed by atoms with Gasteiger partial charge in [-0.2, -0.15) is 0 Å². The van der Waals surface area contributed by atoms with E-state index in [9.17, 15) is 19.5 Å². The van der Waals surface area contributed by atoms with Gasteiger partial charge in [0.15, 0.2) is 11.8 Å². The number of hydrogen-bond acceptors (Lipinski definition) is 7. The van der Waals surface area contributed by atoms with Gasteiger partial charge in [-0.25, -0.2) is 0 Å². The van der Waals surface area contributed by atoms with Crippen molar-refractivity contribution in [1.29, 1.82) is 0 Å². The molecular weight excluding hydrogens is 450 g/mol. The summed E-state index contributed by atoms with van der Waals surface area (Å²) in [5.41, 5.74) is -3.82. The quantitative estimate of drug-likeness (QED) is 0.519. The average Bonchev–Trinajstić information content (AvgIpc) is 3.34. The number of piperazine rings is 1. The first-order valence-electron chi connectivity index (χ1n) is 12.3. The predicted octanol–water partition coefficient (Wildman–Crippen LogP) is 1.80. The molecule has 2 bridgehead atoms. The Kier molecular flexibility index (Phi) is 3.60. The summed E-state index contributed by atoms with van der Waals surface area (Å²) in [5.74, 6) is -0.730. The summed E-state index contributed by atoms with van der Waals surface area (Å²) in [4.78, 5) is 42.6. The number of amides is 2. The molecule has 7 aliphatic rings. The van der Waals surface area contributed by atoms with Crippen LogP contribution in [0.4, 0.5) is 5.69 Å². The molecule has 184 valence electrons. The van der Waals surface area contributed by atoms with Gasteiger partial charge in [-0.15, -0.1) is 0 Å². The standard InChI is InChI=1S/C26H29N3O6/c1-22(2)10-8-13-15(34-22)7-6-14-17(13)27-26(18(14)30)23(3,4)16-12-24-9-5-11-29(24)20(32)25(16,21(33)35-26)28-19(24)31/h6-8,10,16,21,27,33H,5,9,11-12H2,1-4H3,(H,28,31)/t16-,21-,24-,25-,26+/m0/s1. The van der Waals surface area contributed by atoms with Crippen LogP contribution in [0.3, 0.4) is 0 Å². The van der Waals surface area contributed by atoms with Gasteiger partial charge in [0.05, 0.1) is 5.69 Å². The molecule has 9 heteroatoms. The summed E-state index contributed by atoms with van der Waals surface area (Å²) in [5, 5.41) is 17.7. The molecule has 35 heavy (non-hydrogen) atoms. The number of ketones is 1. The van der Waals surface area contributed by atoms with Crippen molar-refractivity contribution in [1.82, 2.24) is 10.2 Å². The SMILES string of the molecule is CC1(C)C=Cc2c(ccc3c2N[C@@]2(O[C@H](O)[C@@]45NC(=O)[C@]6(CCCN6C4=O)C[C@H]5C2(C)C)C3=O)O1. The Balaban J connectivity index is 1.37. The molecule has 3 spiro atoms. The van der Waals surface area contributed by atoms with Crippen LogP contribution in [-0.4, -0.2) is 62.8 Å². The Morgan fingerprint density at radius 2 is 1.89 bits per heavy atom. The lowest BCUT2D eigenvalue weighted by Crippen LogP contribution is -2.90. The fourth-order valence-corrected chi connectivity index (χ4v) is 7.59. The molecule has 7 aliphatic heterocycles. The van der Waals surface area contributed by atoms with Crippen molar-refractivity contribution in [2.45, 2.75) is 75.7 Å². The van der Waals surface area contributed by atoms with Crippen molar-refractivity contribution < 1.29 is 29.0 Å². The number of hydrogen-bond donors (Lipinski definition) is 3. The highest BCUT2D eigenvalue weighted by atomic mass is 16.6. The van der Waals surface area contributed by atoms with Crippen LogP contribution in [-0.2, 0) is 14.3 Å². The van der Waals surface area contributed by atoms with E-state index in [-0.39, 0.29) is 17.6 Å². The molecule has 8 rings (SSSR count). The van der Waals surface area contributed by atoms with Crippen molar-refractivity contribution in [3.05, 3.63) is 29.3 Å². The number of anilines is 1. The second-order valence-electron chi connectivity index (χ2n) is 11.9. The molecular formula is C26H29N3O6. The zero-order valence-electron chi connectivity index (χ0n) is 20.2. The Bertz CT molecular complexity index is 1290. The van der Waals surface area contributed by atoms with Gasteiger partial charge in [0.1, 0.15) is 16.9 Å². The number of carbonyl (C=O) groups excluding carboxylic acids is 3. The van der Waals surface area contributed by atoms with E-state index in [4.69, 9.17) is 9.47 Å². The molecule has 3 N–H and O–H groups in total. The number of carbonyl (C=O) groups is 3. The lowest BCUT2D eigenvalue weighted by molar-refractivity contribution is -0.303. The van der Waals surface area contributed by atoms with Gasteiger partial charge in [-0.05, 0) is 57.4 Å². The molecule has 1 aromatic carbocycles. The minimum Gasteiger partial charge on any atom is -0.483 e. The molecule has 5 saturated heterocycles. The first-order valence-corrected chi connectivity index (χ1v) is 12.3. The van der Waals surface area contributed by atoms with Crippen LogP contribution in [0.5, 0.6) is 5.75 Å². The smallest absolute Gasteiger partial charge is 0.254 e. The summed E-state index contributed by atoms with van der Waals surface area (Å²) < 4.78 is 12.3. The molecule has 2 amide bonds. The zero-order valence-corrected chi connectivity index (χ0v) is 20.2. The van der Waals surface area contributed by atoms with Gasteiger partial charge < -0.3 is 30.1 Å². The second kappa shape index (κ2) is 5.90. The fraction of sp³-hybridized carbons (Fsp3) is 0.577. The van der Waals surface area contributed by atoms with Crippen LogP contribution in [0.25, 0.3) is 6.08 Å². The van der Waals surface area contributed by atoms with E-state index in [0.29, 0.717) is 36.4 Å². The number of rotatable bonds is 0. The van der Waals surface area contributed by atoms with Gasteiger partial charge in [0.25, 0.3) is 5.91 Å². The lowest BCUT2D eigenvalue weighted by Gasteiger charge is -2.68. The van der Waals surface area contributed by atoms with Crippen LogP contribution in [0.1, 0.15) is 62.9 Å². The highest BCUT2D eigenvalue weighted by molar-refractivity contribution is 6.15. The Morgan fingerprint density at radius 3 is 2.66 bits per heavy atom. The molecule has 5 atom stereocenters. The summed E-state index contributed by atoms with van der Waals surface area (Å²) in [7, 11) is 0. The van der Waals surface area contributed by atoms with E-state index in [1.54, 1.807) is 17.0 Å².